The third kappa shape index (κ3) is 6.05. The lowest BCUT2D eigenvalue weighted by Gasteiger charge is -2.28. The third-order valence-electron chi connectivity index (χ3n) is 7.27. The number of ether oxygens (including phenoxy) is 1. The van der Waals surface area contributed by atoms with E-state index in [9.17, 15) is 24.8 Å². The minimum atomic E-state index is -0.965. The van der Waals surface area contributed by atoms with E-state index in [4.69, 9.17) is 4.74 Å². The monoisotopic (exact) mass is 543 g/mol. The number of aryl methyl sites for hydroxylation is 1. The van der Waals surface area contributed by atoms with Crippen molar-refractivity contribution in [2.24, 2.45) is 0 Å². The van der Waals surface area contributed by atoms with Crippen LogP contribution in [0, 0.1) is 17.0 Å². The van der Waals surface area contributed by atoms with Crippen molar-refractivity contribution in [3.8, 4) is 5.75 Å². The molecule has 3 aromatic carbocycles. The Hall–Kier alpha value is -4.50. The highest BCUT2D eigenvalue weighted by Gasteiger charge is 2.46. The Morgan fingerprint density at radius 1 is 1.02 bits per heavy atom. The zero-order chi connectivity index (χ0) is 28.8. The van der Waals surface area contributed by atoms with Crippen molar-refractivity contribution >= 4 is 23.1 Å². The number of aliphatic hydroxyl groups is 1. The molecule has 1 saturated heterocycles. The number of benzene rings is 3. The summed E-state index contributed by atoms with van der Waals surface area (Å²) in [6.07, 6.45) is 0. The number of nitro groups is 1. The molecule has 0 spiro atoms. The second-order valence-electron chi connectivity index (χ2n) is 9.61. The first-order valence-electron chi connectivity index (χ1n) is 13.3. The molecule has 3 aromatic rings. The van der Waals surface area contributed by atoms with Crippen molar-refractivity contribution in [2.75, 3.05) is 26.2 Å². The molecule has 1 heterocycles. The Kier molecular flexibility index (Phi) is 8.96. The molecule has 4 rings (SSSR count). The van der Waals surface area contributed by atoms with Crippen LogP contribution in [0.4, 0.5) is 5.69 Å². The SMILES string of the molecule is CCN(CC)CCN1C(=O)C(=O)C(=C(O)c2ccc(OCc3ccccc3C)cc2)C1c1cccc([N+](=O)[O-])c1. The molecule has 9 heteroatoms. The maximum Gasteiger partial charge on any atom is 0.295 e. The number of likely N-dealkylation sites (N-methyl/N-ethyl adjacent to an activating group) is 1. The average Bonchev–Trinajstić information content (AvgIpc) is 3.22. The van der Waals surface area contributed by atoms with Gasteiger partial charge in [0.15, 0.2) is 0 Å². The van der Waals surface area contributed by atoms with Crippen LogP contribution in [0.2, 0.25) is 0 Å². The lowest BCUT2D eigenvalue weighted by molar-refractivity contribution is -0.384. The van der Waals surface area contributed by atoms with Crippen LogP contribution < -0.4 is 4.74 Å². The zero-order valence-electron chi connectivity index (χ0n) is 22.9. The van der Waals surface area contributed by atoms with E-state index in [2.05, 4.69) is 4.90 Å². The first kappa shape index (κ1) is 28.5. The summed E-state index contributed by atoms with van der Waals surface area (Å²) in [6, 6.07) is 19.4. The topological polar surface area (TPSA) is 113 Å². The summed E-state index contributed by atoms with van der Waals surface area (Å²) in [5.74, 6) is -1.34. The fraction of sp³-hybridized carbons (Fsp3) is 0.290. The summed E-state index contributed by atoms with van der Waals surface area (Å²) >= 11 is 0. The minimum absolute atomic E-state index is 0.0985. The minimum Gasteiger partial charge on any atom is -0.507 e. The number of nitrogens with zero attached hydrogens (tertiary/aromatic N) is 3. The molecule has 1 unspecified atom stereocenters. The van der Waals surface area contributed by atoms with Gasteiger partial charge in [0.25, 0.3) is 17.4 Å². The van der Waals surface area contributed by atoms with Crippen LogP contribution in [0.25, 0.3) is 5.76 Å². The van der Waals surface area contributed by atoms with Crippen molar-refractivity contribution in [1.82, 2.24) is 9.80 Å². The summed E-state index contributed by atoms with van der Waals surface area (Å²) in [6.45, 7) is 8.66. The second kappa shape index (κ2) is 12.6. The van der Waals surface area contributed by atoms with Gasteiger partial charge in [-0.25, -0.2) is 0 Å². The van der Waals surface area contributed by atoms with E-state index in [1.807, 2.05) is 45.0 Å². The van der Waals surface area contributed by atoms with Gasteiger partial charge >= 0.3 is 0 Å². The molecule has 1 fully saturated rings. The number of carbonyl (C=O) groups is 2. The first-order valence-corrected chi connectivity index (χ1v) is 13.3. The van der Waals surface area contributed by atoms with Crippen molar-refractivity contribution < 1.29 is 24.4 Å². The van der Waals surface area contributed by atoms with Crippen molar-refractivity contribution in [2.45, 2.75) is 33.4 Å². The Morgan fingerprint density at radius 3 is 2.38 bits per heavy atom. The summed E-state index contributed by atoms with van der Waals surface area (Å²) in [5, 5.41) is 22.8. The molecule has 1 atom stereocenters. The average molecular weight is 544 g/mol. The van der Waals surface area contributed by atoms with Gasteiger partial charge in [0.05, 0.1) is 16.5 Å². The molecule has 0 aliphatic carbocycles. The van der Waals surface area contributed by atoms with Gasteiger partial charge in [-0.1, -0.05) is 50.2 Å². The molecule has 208 valence electrons. The maximum atomic E-state index is 13.3. The van der Waals surface area contributed by atoms with Crippen LogP contribution in [0.15, 0.2) is 78.4 Å². The number of carbonyl (C=O) groups excluding carboxylic acids is 2. The van der Waals surface area contributed by atoms with E-state index in [1.165, 1.54) is 23.1 Å². The number of non-ortho nitro benzene ring substituents is 1. The Labute approximate surface area is 233 Å². The fourth-order valence-electron chi connectivity index (χ4n) is 4.85. The number of ketones is 1. The largest absolute Gasteiger partial charge is 0.507 e. The van der Waals surface area contributed by atoms with E-state index in [-0.39, 0.29) is 23.6 Å². The molecule has 1 N–H and O–H groups in total. The first-order chi connectivity index (χ1) is 19.2. The molecule has 1 aliphatic rings. The van der Waals surface area contributed by atoms with Crippen LogP contribution in [0.3, 0.4) is 0 Å². The number of amides is 1. The van der Waals surface area contributed by atoms with E-state index < -0.39 is 22.7 Å². The predicted octanol–water partition coefficient (Wildman–Crippen LogP) is 5.25. The lowest BCUT2D eigenvalue weighted by atomic mass is 9.95. The van der Waals surface area contributed by atoms with Crippen LogP contribution in [0.5, 0.6) is 5.75 Å². The number of aliphatic hydroxyl groups excluding tert-OH is 1. The Balaban J connectivity index is 1.68. The van der Waals surface area contributed by atoms with Gasteiger partial charge in [0.2, 0.25) is 0 Å². The van der Waals surface area contributed by atoms with Gasteiger partial charge in [-0.05, 0) is 61.0 Å². The van der Waals surface area contributed by atoms with Crippen LogP contribution in [-0.2, 0) is 16.2 Å². The van der Waals surface area contributed by atoms with Crippen molar-refractivity contribution in [1.29, 1.82) is 0 Å². The van der Waals surface area contributed by atoms with Crippen LogP contribution in [-0.4, -0.2) is 57.7 Å². The zero-order valence-corrected chi connectivity index (χ0v) is 22.9. The molecule has 0 radical (unpaired) electrons. The molecular formula is C31H33N3O6. The van der Waals surface area contributed by atoms with Crippen molar-refractivity contribution in [3.05, 3.63) is 111 Å². The van der Waals surface area contributed by atoms with Gasteiger partial charge in [-0.3, -0.25) is 19.7 Å². The summed E-state index contributed by atoms with van der Waals surface area (Å²) in [7, 11) is 0. The molecule has 1 aliphatic heterocycles. The van der Waals surface area contributed by atoms with E-state index in [1.54, 1.807) is 30.3 Å². The number of Topliss-reactive ketones (excluding diaryl/α,β-unsaturated/α-hetero) is 1. The number of nitro benzene ring substituents is 1. The molecule has 0 saturated carbocycles. The Bertz CT molecular complexity index is 1430. The van der Waals surface area contributed by atoms with Crippen LogP contribution >= 0.6 is 0 Å². The van der Waals surface area contributed by atoms with E-state index >= 15 is 0 Å². The molecule has 1 amide bonds. The Morgan fingerprint density at radius 2 is 1.73 bits per heavy atom. The third-order valence-corrected chi connectivity index (χ3v) is 7.27. The molecule has 9 nitrogen and oxygen atoms in total. The van der Waals surface area contributed by atoms with Gasteiger partial charge in [0.1, 0.15) is 18.1 Å². The highest BCUT2D eigenvalue weighted by molar-refractivity contribution is 6.46. The summed E-state index contributed by atoms with van der Waals surface area (Å²) in [5.41, 5.74) is 2.62. The predicted molar refractivity (Wildman–Crippen MR) is 152 cm³/mol. The van der Waals surface area contributed by atoms with Gasteiger partial charge in [-0.2, -0.15) is 0 Å². The second-order valence-corrected chi connectivity index (χ2v) is 9.61. The molecule has 40 heavy (non-hydrogen) atoms. The van der Waals surface area contributed by atoms with E-state index in [0.717, 1.165) is 24.2 Å². The molecule has 0 aromatic heterocycles. The lowest BCUT2D eigenvalue weighted by Crippen LogP contribution is -2.38. The highest BCUT2D eigenvalue weighted by atomic mass is 16.6. The van der Waals surface area contributed by atoms with Gasteiger partial charge in [-0.15, -0.1) is 0 Å². The number of rotatable bonds is 11. The van der Waals surface area contributed by atoms with E-state index in [0.29, 0.717) is 30.0 Å². The van der Waals surface area contributed by atoms with Crippen LogP contribution in [0.1, 0.15) is 42.1 Å². The smallest absolute Gasteiger partial charge is 0.295 e. The van der Waals surface area contributed by atoms with Crippen molar-refractivity contribution in [3.63, 3.8) is 0 Å². The fourth-order valence-corrected chi connectivity index (χ4v) is 4.85. The summed E-state index contributed by atoms with van der Waals surface area (Å²) in [4.78, 5) is 41.0. The van der Waals surface area contributed by atoms with Gasteiger partial charge in [0, 0.05) is 30.8 Å². The molecular weight excluding hydrogens is 510 g/mol. The maximum absolute atomic E-state index is 13.3. The molecule has 0 bridgehead atoms. The quantitative estimate of drug-likeness (QED) is 0.116. The number of likely N-dealkylation sites (tertiary alicyclic amines) is 1. The number of hydrogen-bond acceptors (Lipinski definition) is 7. The normalized spacial score (nSPS) is 16.5. The summed E-state index contributed by atoms with van der Waals surface area (Å²) < 4.78 is 5.89. The highest BCUT2D eigenvalue weighted by Crippen LogP contribution is 2.40. The van der Waals surface area contributed by atoms with Gasteiger partial charge < -0.3 is 19.6 Å². The standard InChI is InChI=1S/C31H33N3O6/c1-4-32(5-2)17-18-33-28(23-11-8-12-25(19-23)34(38)39)27(30(36)31(33)37)29(35)22-13-15-26(16-14-22)40-20-24-10-7-6-9-21(24)3/h6-16,19,28,35H,4-5,17-18,20H2,1-3H3. The number of hydrogen-bond donors (Lipinski definition) is 1.